The zero-order chi connectivity index (χ0) is 29.3. The minimum atomic E-state index is -3.74. The Kier molecular flexibility index (Phi) is 10.8. The highest BCUT2D eigenvalue weighted by Crippen LogP contribution is 2.19. The minimum absolute atomic E-state index is 0.00729. The molecule has 40 heavy (non-hydrogen) atoms. The van der Waals surface area contributed by atoms with Gasteiger partial charge in [-0.05, 0) is 75.1 Å². The molecule has 0 saturated carbocycles. The number of nitrogens with zero attached hydrogens (tertiary/aromatic N) is 3. The molecular formula is C28H37N5O6S. The van der Waals surface area contributed by atoms with Crippen LogP contribution < -0.4 is 14.8 Å². The Morgan fingerprint density at radius 2 is 1.68 bits per heavy atom. The highest BCUT2D eigenvalue weighted by Gasteiger charge is 2.29. The smallest absolute Gasteiger partial charge is 0.318 e. The standard InChI is InChI=1S/C28H37N5O6S/c1-6-38-28(35)26(15-19(2)3)27(34)30-22-9-7-21(8-10-22)17-33-18-23(31-32-33)16-29-40(36,37)25-13-11-24(12-14-25)39-20(4)5/h7-14,18-20,26,29H,6,15-17H2,1-5H3,(H,30,34). The SMILES string of the molecule is CCOC(=O)C(CC(C)C)C(=O)Nc1ccc(Cn2cc(CNS(=O)(=O)c3ccc(OC(C)C)cc3)nn2)cc1. The van der Waals surface area contributed by atoms with Crippen LogP contribution in [0, 0.1) is 11.8 Å². The second kappa shape index (κ2) is 14.0. The molecule has 3 rings (SSSR count). The number of carbonyl (C=O) groups is 2. The third-order valence-corrected chi connectivity index (χ3v) is 7.11. The summed E-state index contributed by atoms with van der Waals surface area (Å²) in [4.78, 5) is 25.1. The number of sulfonamides is 1. The number of nitrogens with one attached hydrogen (secondary N) is 2. The van der Waals surface area contributed by atoms with Gasteiger partial charge in [-0.15, -0.1) is 5.10 Å². The first-order valence-electron chi connectivity index (χ1n) is 13.2. The Morgan fingerprint density at radius 1 is 1.00 bits per heavy atom. The number of ether oxygens (including phenoxy) is 2. The zero-order valence-corrected chi connectivity index (χ0v) is 24.3. The molecule has 216 valence electrons. The van der Waals surface area contributed by atoms with Crippen LogP contribution in [0.2, 0.25) is 0 Å². The first-order valence-corrected chi connectivity index (χ1v) is 14.7. The first-order chi connectivity index (χ1) is 19.0. The molecule has 2 N–H and O–H groups in total. The molecule has 12 heteroatoms. The molecule has 11 nitrogen and oxygen atoms in total. The van der Waals surface area contributed by atoms with E-state index in [1.165, 1.54) is 12.1 Å². The van der Waals surface area contributed by atoms with Gasteiger partial charge in [-0.25, -0.2) is 17.8 Å². The summed E-state index contributed by atoms with van der Waals surface area (Å²) in [6.45, 7) is 9.98. The van der Waals surface area contributed by atoms with Crippen molar-refractivity contribution in [3.8, 4) is 5.75 Å². The lowest BCUT2D eigenvalue weighted by Gasteiger charge is -2.17. The minimum Gasteiger partial charge on any atom is -0.491 e. The fraction of sp³-hybridized carbons (Fsp3) is 0.429. The van der Waals surface area contributed by atoms with Crippen molar-refractivity contribution in [1.29, 1.82) is 0 Å². The molecule has 0 aliphatic carbocycles. The van der Waals surface area contributed by atoms with Crippen molar-refractivity contribution >= 4 is 27.6 Å². The molecule has 1 unspecified atom stereocenters. The predicted octanol–water partition coefficient (Wildman–Crippen LogP) is 3.76. The van der Waals surface area contributed by atoms with Gasteiger partial charge < -0.3 is 14.8 Å². The van der Waals surface area contributed by atoms with Gasteiger partial charge in [-0.1, -0.05) is 31.2 Å². The van der Waals surface area contributed by atoms with E-state index in [9.17, 15) is 18.0 Å². The van der Waals surface area contributed by atoms with Crippen LogP contribution in [0.25, 0.3) is 0 Å². The molecule has 0 bridgehead atoms. The largest absolute Gasteiger partial charge is 0.491 e. The molecular weight excluding hydrogens is 534 g/mol. The molecule has 1 atom stereocenters. The molecule has 0 aliphatic heterocycles. The summed E-state index contributed by atoms with van der Waals surface area (Å²) >= 11 is 0. The number of aromatic nitrogens is 3. The molecule has 0 saturated heterocycles. The quantitative estimate of drug-likeness (QED) is 0.220. The second-order valence-corrected chi connectivity index (χ2v) is 11.8. The van der Waals surface area contributed by atoms with Gasteiger partial charge in [-0.2, -0.15) is 0 Å². The summed E-state index contributed by atoms with van der Waals surface area (Å²) in [7, 11) is -3.74. The van der Waals surface area contributed by atoms with Gasteiger partial charge in [-0.3, -0.25) is 9.59 Å². The Hall–Kier alpha value is -3.77. The Morgan fingerprint density at radius 3 is 2.27 bits per heavy atom. The van der Waals surface area contributed by atoms with E-state index in [2.05, 4.69) is 20.4 Å². The van der Waals surface area contributed by atoms with E-state index in [1.807, 2.05) is 39.8 Å². The number of hydrogen-bond acceptors (Lipinski definition) is 8. The lowest BCUT2D eigenvalue weighted by molar-refractivity contribution is -0.151. The van der Waals surface area contributed by atoms with Crippen molar-refractivity contribution in [2.45, 2.75) is 65.1 Å². The normalized spacial score (nSPS) is 12.4. The van der Waals surface area contributed by atoms with E-state index >= 15 is 0 Å². The van der Waals surface area contributed by atoms with Gasteiger partial charge >= 0.3 is 5.97 Å². The Labute approximate surface area is 235 Å². The van der Waals surface area contributed by atoms with E-state index < -0.39 is 27.8 Å². The number of anilines is 1. The summed E-state index contributed by atoms with van der Waals surface area (Å²) in [5, 5.41) is 10.9. The van der Waals surface area contributed by atoms with Gasteiger partial charge in [0.15, 0.2) is 0 Å². The van der Waals surface area contributed by atoms with E-state index in [4.69, 9.17) is 9.47 Å². The van der Waals surface area contributed by atoms with Crippen LogP contribution in [0.4, 0.5) is 5.69 Å². The van der Waals surface area contributed by atoms with Crippen molar-refractivity contribution in [2.75, 3.05) is 11.9 Å². The summed E-state index contributed by atoms with van der Waals surface area (Å²) in [5.41, 5.74) is 1.91. The number of rotatable bonds is 14. The van der Waals surface area contributed by atoms with E-state index in [0.29, 0.717) is 30.1 Å². The van der Waals surface area contributed by atoms with Crippen LogP contribution in [0.3, 0.4) is 0 Å². The average molecular weight is 572 g/mol. The molecule has 0 spiro atoms. The second-order valence-electron chi connectivity index (χ2n) is 9.99. The number of carbonyl (C=O) groups excluding carboxylic acids is 2. The monoisotopic (exact) mass is 571 g/mol. The van der Waals surface area contributed by atoms with E-state index in [-0.39, 0.29) is 30.1 Å². The summed E-state index contributed by atoms with van der Waals surface area (Å²) in [5.74, 6) is -1.04. The van der Waals surface area contributed by atoms with Crippen LogP contribution in [0.1, 0.15) is 52.3 Å². The van der Waals surface area contributed by atoms with Crippen LogP contribution in [-0.4, -0.2) is 48.0 Å². The first kappa shape index (κ1) is 30.8. The van der Waals surface area contributed by atoms with Crippen LogP contribution in [-0.2, 0) is 37.4 Å². The van der Waals surface area contributed by atoms with Gasteiger partial charge in [0, 0.05) is 5.69 Å². The Balaban J connectivity index is 1.55. The van der Waals surface area contributed by atoms with E-state index in [1.54, 1.807) is 42.1 Å². The van der Waals surface area contributed by atoms with Gasteiger partial charge in [0.2, 0.25) is 15.9 Å². The van der Waals surface area contributed by atoms with Crippen LogP contribution >= 0.6 is 0 Å². The molecule has 1 amide bonds. The highest BCUT2D eigenvalue weighted by atomic mass is 32.2. The van der Waals surface area contributed by atoms with Crippen molar-refractivity contribution in [3.63, 3.8) is 0 Å². The summed E-state index contributed by atoms with van der Waals surface area (Å²) in [6, 6.07) is 13.4. The fourth-order valence-corrected chi connectivity index (χ4v) is 4.85. The molecule has 0 aliphatic rings. The van der Waals surface area contributed by atoms with Crippen LogP contribution in [0.15, 0.2) is 59.6 Å². The van der Waals surface area contributed by atoms with Gasteiger partial charge in [0.25, 0.3) is 0 Å². The fourth-order valence-electron chi connectivity index (χ4n) is 3.85. The average Bonchev–Trinajstić information content (AvgIpc) is 3.34. The molecule has 2 aromatic carbocycles. The van der Waals surface area contributed by atoms with Crippen molar-refractivity contribution < 1.29 is 27.5 Å². The third-order valence-electron chi connectivity index (χ3n) is 5.70. The maximum Gasteiger partial charge on any atom is 0.318 e. The maximum atomic E-state index is 12.7. The number of amides is 1. The zero-order valence-electron chi connectivity index (χ0n) is 23.5. The van der Waals surface area contributed by atoms with Crippen molar-refractivity contribution in [3.05, 3.63) is 66.0 Å². The summed E-state index contributed by atoms with van der Waals surface area (Å²) in [6.07, 6.45) is 2.05. The number of esters is 1. The predicted molar refractivity (Wildman–Crippen MR) is 150 cm³/mol. The van der Waals surface area contributed by atoms with Gasteiger partial charge in [0.1, 0.15) is 11.7 Å². The lowest BCUT2D eigenvalue weighted by atomic mass is 9.96. The van der Waals surface area contributed by atoms with Crippen LogP contribution in [0.5, 0.6) is 5.75 Å². The molecule has 0 radical (unpaired) electrons. The maximum absolute atomic E-state index is 12.7. The topological polar surface area (TPSA) is 142 Å². The van der Waals surface area contributed by atoms with E-state index in [0.717, 1.165) is 5.56 Å². The number of benzene rings is 2. The van der Waals surface area contributed by atoms with Crippen molar-refractivity contribution in [1.82, 2.24) is 19.7 Å². The third kappa shape index (κ3) is 9.16. The number of hydrogen-bond donors (Lipinski definition) is 2. The molecule has 3 aromatic rings. The highest BCUT2D eigenvalue weighted by molar-refractivity contribution is 7.89. The van der Waals surface area contributed by atoms with Crippen molar-refractivity contribution in [2.24, 2.45) is 11.8 Å². The summed E-state index contributed by atoms with van der Waals surface area (Å²) < 4.78 is 40.0. The molecule has 0 fully saturated rings. The lowest BCUT2D eigenvalue weighted by Crippen LogP contribution is -2.32. The Bertz CT molecular complexity index is 1370. The van der Waals surface area contributed by atoms with Gasteiger partial charge in [0.05, 0.1) is 42.6 Å². The molecule has 1 heterocycles. The molecule has 1 aromatic heterocycles.